The van der Waals surface area contributed by atoms with Crippen molar-refractivity contribution in [3.63, 3.8) is 0 Å². The van der Waals surface area contributed by atoms with Gasteiger partial charge in [-0.1, -0.05) is 0 Å². The second-order valence-corrected chi connectivity index (χ2v) is 7.97. The van der Waals surface area contributed by atoms with Crippen molar-refractivity contribution in [2.24, 2.45) is 0 Å². The Balaban J connectivity index is 1.14. The molecule has 31 heavy (non-hydrogen) atoms. The highest BCUT2D eigenvalue weighted by molar-refractivity contribution is 5.59. The molecule has 0 unspecified atom stereocenters. The molecule has 8 nitrogen and oxygen atoms in total. The van der Waals surface area contributed by atoms with Crippen LogP contribution >= 0.6 is 0 Å². The van der Waals surface area contributed by atoms with E-state index in [4.69, 9.17) is 9.15 Å². The molecule has 0 saturated carbocycles. The molecule has 5 rings (SSSR count). The van der Waals surface area contributed by atoms with E-state index < -0.39 is 0 Å². The van der Waals surface area contributed by atoms with E-state index >= 15 is 0 Å². The number of nitrogens with zero attached hydrogens (tertiary/aromatic N) is 6. The van der Waals surface area contributed by atoms with E-state index in [9.17, 15) is 4.39 Å². The first-order chi connectivity index (χ1) is 15.2. The fourth-order valence-corrected chi connectivity index (χ4v) is 4.03. The van der Waals surface area contributed by atoms with Gasteiger partial charge in [-0.2, -0.15) is 0 Å². The summed E-state index contributed by atoms with van der Waals surface area (Å²) >= 11 is 0. The lowest BCUT2D eigenvalue weighted by molar-refractivity contribution is 0.0788. The number of ether oxygens (including phenoxy) is 1. The monoisotopic (exact) mass is 424 g/mol. The van der Waals surface area contributed by atoms with Crippen LogP contribution in [0.2, 0.25) is 0 Å². The highest BCUT2D eigenvalue weighted by atomic mass is 19.1. The number of halogens is 1. The van der Waals surface area contributed by atoms with Crippen molar-refractivity contribution < 1.29 is 13.5 Å². The summed E-state index contributed by atoms with van der Waals surface area (Å²) in [5.41, 5.74) is 1.59. The van der Waals surface area contributed by atoms with Crippen molar-refractivity contribution in [2.75, 3.05) is 44.3 Å². The van der Waals surface area contributed by atoms with Gasteiger partial charge in [0.25, 0.3) is 0 Å². The summed E-state index contributed by atoms with van der Waals surface area (Å²) in [4.78, 5) is 4.54. The van der Waals surface area contributed by atoms with Gasteiger partial charge < -0.3 is 14.1 Å². The maximum Gasteiger partial charge on any atom is 0.230 e. The maximum atomic E-state index is 13.1. The van der Waals surface area contributed by atoms with Crippen LogP contribution in [0.1, 0.15) is 30.5 Å². The first-order valence-corrected chi connectivity index (χ1v) is 10.7. The molecule has 0 spiro atoms. The molecule has 0 amide bonds. The molecule has 4 heterocycles. The van der Waals surface area contributed by atoms with Crippen molar-refractivity contribution in [1.29, 1.82) is 0 Å². The lowest BCUT2D eigenvalue weighted by Gasteiger charge is -2.34. The predicted molar refractivity (Wildman–Crippen MR) is 112 cm³/mol. The van der Waals surface area contributed by atoms with E-state index in [0.29, 0.717) is 18.4 Å². The zero-order valence-electron chi connectivity index (χ0n) is 17.3. The molecule has 2 aromatic heterocycles. The van der Waals surface area contributed by atoms with Gasteiger partial charge >= 0.3 is 0 Å². The van der Waals surface area contributed by atoms with Crippen LogP contribution in [0.15, 0.2) is 40.8 Å². The Morgan fingerprint density at radius 2 is 1.65 bits per heavy atom. The van der Waals surface area contributed by atoms with E-state index in [2.05, 4.69) is 30.2 Å². The smallest absolute Gasteiger partial charge is 0.230 e. The SMILES string of the molecule is Fc1ccc(-c2ccc(N3CCN(Cc4nnc(C5CCOCC5)o4)CC3)nn2)cc1. The number of rotatable bonds is 5. The van der Waals surface area contributed by atoms with Crippen LogP contribution in [-0.2, 0) is 11.3 Å². The summed E-state index contributed by atoms with van der Waals surface area (Å²) in [5.74, 6) is 2.34. The number of hydrogen-bond acceptors (Lipinski definition) is 8. The van der Waals surface area contributed by atoms with Crippen LogP contribution in [0.4, 0.5) is 10.2 Å². The Morgan fingerprint density at radius 1 is 0.871 bits per heavy atom. The molecule has 2 saturated heterocycles. The zero-order valence-corrected chi connectivity index (χ0v) is 17.3. The van der Waals surface area contributed by atoms with E-state index in [-0.39, 0.29) is 5.82 Å². The summed E-state index contributed by atoms with van der Waals surface area (Å²) in [5, 5.41) is 17.2. The molecule has 2 aliphatic rings. The lowest BCUT2D eigenvalue weighted by Crippen LogP contribution is -2.46. The van der Waals surface area contributed by atoms with Crippen molar-refractivity contribution in [3.05, 3.63) is 54.0 Å². The summed E-state index contributed by atoms with van der Waals surface area (Å²) in [7, 11) is 0. The van der Waals surface area contributed by atoms with Crippen molar-refractivity contribution in [2.45, 2.75) is 25.3 Å². The van der Waals surface area contributed by atoms with E-state index in [1.807, 2.05) is 12.1 Å². The third-order valence-electron chi connectivity index (χ3n) is 5.90. The van der Waals surface area contributed by atoms with E-state index in [1.54, 1.807) is 12.1 Å². The third kappa shape index (κ3) is 4.72. The molecule has 0 radical (unpaired) electrons. The number of aromatic nitrogens is 4. The standard InChI is InChI=1S/C22H25FN6O2/c23-18-3-1-16(2-4-18)19-5-6-20(25-24-19)29-11-9-28(10-12-29)15-21-26-27-22(31-21)17-7-13-30-14-8-17/h1-6,17H,7-15H2. The fourth-order valence-electron chi connectivity index (χ4n) is 4.03. The first kappa shape index (κ1) is 20.0. The van der Waals surface area contributed by atoms with Gasteiger partial charge in [-0.05, 0) is 49.2 Å². The number of anilines is 1. The Bertz CT molecular complexity index is 980. The molecule has 2 aliphatic heterocycles. The quantitative estimate of drug-likeness (QED) is 0.619. The first-order valence-electron chi connectivity index (χ1n) is 10.7. The highest BCUT2D eigenvalue weighted by Crippen LogP contribution is 2.26. The second kappa shape index (κ2) is 9.07. The van der Waals surface area contributed by atoms with Gasteiger partial charge in [-0.15, -0.1) is 20.4 Å². The molecule has 0 atom stereocenters. The van der Waals surface area contributed by atoms with Gasteiger partial charge in [-0.3, -0.25) is 4.90 Å². The van der Waals surface area contributed by atoms with Gasteiger partial charge in [0.15, 0.2) is 5.82 Å². The minimum Gasteiger partial charge on any atom is -0.424 e. The van der Waals surface area contributed by atoms with Gasteiger partial charge in [0.2, 0.25) is 11.8 Å². The van der Waals surface area contributed by atoms with Crippen molar-refractivity contribution in [3.8, 4) is 11.3 Å². The van der Waals surface area contributed by atoms with E-state index in [0.717, 1.165) is 75.2 Å². The van der Waals surface area contributed by atoms with Crippen LogP contribution in [0.25, 0.3) is 11.3 Å². The van der Waals surface area contributed by atoms with Gasteiger partial charge in [0.1, 0.15) is 5.82 Å². The fraction of sp³-hybridized carbons (Fsp3) is 0.455. The molecule has 0 aliphatic carbocycles. The van der Waals surface area contributed by atoms with Crippen LogP contribution < -0.4 is 4.90 Å². The minimum atomic E-state index is -0.258. The number of hydrogen-bond donors (Lipinski definition) is 0. The van der Waals surface area contributed by atoms with Gasteiger partial charge in [0.05, 0.1) is 12.2 Å². The molecule has 9 heteroatoms. The van der Waals surface area contributed by atoms with Gasteiger partial charge in [-0.25, -0.2) is 4.39 Å². The lowest BCUT2D eigenvalue weighted by atomic mass is 10.0. The summed E-state index contributed by atoms with van der Waals surface area (Å²) < 4.78 is 24.4. The summed E-state index contributed by atoms with van der Waals surface area (Å²) in [6.45, 7) is 5.67. The molecule has 0 N–H and O–H groups in total. The number of benzene rings is 1. The van der Waals surface area contributed by atoms with Crippen LogP contribution in [0.3, 0.4) is 0 Å². The highest BCUT2D eigenvalue weighted by Gasteiger charge is 2.24. The molecular formula is C22H25FN6O2. The van der Waals surface area contributed by atoms with Crippen molar-refractivity contribution >= 4 is 5.82 Å². The zero-order chi connectivity index (χ0) is 21.0. The predicted octanol–water partition coefficient (Wildman–Crippen LogP) is 2.88. The Hall–Kier alpha value is -2.91. The van der Waals surface area contributed by atoms with Crippen LogP contribution in [-0.4, -0.2) is 64.7 Å². The third-order valence-corrected chi connectivity index (χ3v) is 5.90. The van der Waals surface area contributed by atoms with Crippen LogP contribution in [0, 0.1) is 5.82 Å². The van der Waals surface area contributed by atoms with E-state index in [1.165, 1.54) is 12.1 Å². The summed E-state index contributed by atoms with van der Waals surface area (Å²) in [6.07, 6.45) is 1.89. The Kier molecular flexibility index (Phi) is 5.86. The topological polar surface area (TPSA) is 80.4 Å². The molecule has 0 bridgehead atoms. The molecular weight excluding hydrogens is 399 g/mol. The van der Waals surface area contributed by atoms with Crippen LogP contribution in [0.5, 0.6) is 0 Å². The molecule has 3 aromatic rings. The second-order valence-electron chi connectivity index (χ2n) is 7.97. The average Bonchev–Trinajstić information content (AvgIpc) is 3.29. The largest absolute Gasteiger partial charge is 0.424 e. The summed E-state index contributed by atoms with van der Waals surface area (Å²) in [6, 6.07) is 10.2. The normalized spacial score (nSPS) is 18.4. The molecule has 1 aromatic carbocycles. The molecule has 2 fully saturated rings. The van der Waals surface area contributed by atoms with Crippen molar-refractivity contribution in [1.82, 2.24) is 25.3 Å². The minimum absolute atomic E-state index is 0.258. The average molecular weight is 424 g/mol. The maximum absolute atomic E-state index is 13.1. The number of piperazine rings is 1. The molecule has 162 valence electrons. The Morgan fingerprint density at radius 3 is 2.35 bits per heavy atom. The van der Waals surface area contributed by atoms with Gasteiger partial charge in [0, 0.05) is 50.9 Å². The Labute approximate surface area is 180 Å².